The Morgan fingerprint density at radius 1 is 1.12 bits per heavy atom. The SMILES string of the molecule is COC(=O)COc1ccc(S(=O)(=O)Nc2c(C)cccc2C(C)C)cc1. The molecule has 26 heavy (non-hydrogen) atoms. The third-order valence-electron chi connectivity index (χ3n) is 3.88. The summed E-state index contributed by atoms with van der Waals surface area (Å²) in [6, 6.07) is 11.6. The summed E-state index contributed by atoms with van der Waals surface area (Å²) in [6.07, 6.45) is 0. The Hall–Kier alpha value is -2.54. The highest BCUT2D eigenvalue weighted by atomic mass is 32.2. The predicted molar refractivity (Wildman–Crippen MR) is 100 cm³/mol. The molecular weight excluding hydrogens is 354 g/mol. The normalized spacial score (nSPS) is 11.3. The zero-order valence-electron chi connectivity index (χ0n) is 15.3. The topological polar surface area (TPSA) is 81.7 Å². The first-order valence-electron chi connectivity index (χ1n) is 8.16. The Labute approximate surface area is 154 Å². The minimum absolute atomic E-state index is 0.112. The van der Waals surface area contributed by atoms with Crippen LogP contribution in [0.1, 0.15) is 30.9 Å². The number of nitrogens with one attached hydrogen (secondary N) is 1. The number of hydrogen-bond acceptors (Lipinski definition) is 5. The van der Waals surface area contributed by atoms with Crippen LogP contribution >= 0.6 is 0 Å². The zero-order valence-corrected chi connectivity index (χ0v) is 16.1. The zero-order chi connectivity index (χ0) is 19.3. The van der Waals surface area contributed by atoms with Crippen molar-refractivity contribution in [3.63, 3.8) is 0 Å². The molecule has 0 radical (unpaired) electrons. The molecule has 7 heteroatoms. The lowest BCUT2D eigenvalue weighted by atomic mass is 9.99. The number of hydrogen-bond donors (Lipinski definition) is 1. The summed E-state index contributed by atoms with van der Waals surface area (Å²) in [5, 5.41) is 0. The monoisotopic (exact) mass is 377 g/mol. The molecule has 0 amide bonds. The van der Waals surface area contributed by atoms with Gasteiger partial charge in [-0.25, -0.2) is 13.2 Å². The van der Waals surface area contributed by atoms with Gasteiger partial charge in [-0.3, -0.25) is 4.72 Å². The van der Waals surface area contributed by atoms with Crippen LogP contribution in [0.4, 0.5) is 5.69 Å². The summed E-state index contributed by atoms with van der Waals surface area (Å²) in [4.78, 5) is 11.2. The van der Waals surface area contributed by atoms with Gasteiger partial charge in [0, 0.05) is 0 Å². The van der Waals surface area contributed by atoms with E-state index in [9.17, 15) is 13.2 Å². The molecule has 6 nitrogen and oxygen atoms in total. The van der Waals surface area contributed by atoms with Crippen molar-refractivity contribution in [3.8, 4) is 5.75 Å². The molecule has 0 fully saturated rings. The van der Waals surface area contributed by atoms with Crippen molar-refractivity contribution in [1.29, 1.82) is 0 Å². The van der Waals surface area contributed by atoms with Gasteiger partial charge in [-0.05, 0) is 48.2 Å². The van der Waals surface area contributed by atoms with E-state index in [2.05, 4.69) is 9.46 Å². The first-order valence-corrected chi connectivity index (χ1v) is 9.65. The average molecular weight is 377 g/mol. The molecule has 0 spiro atoms. The summed E-state index contributed by atoms with van der Waals surface area (Å²) >= 11 is 0. The molecule has 0 saturated heterocycles. The highest BCUT2D eigenvalue weighted by Crippen LogP contribution is 2.29. The van der Waals surface area contributed by atoms with Crippen LogP contribution in [0.15, 0.2) is 47.4 Å². The minimum Gasteiger partial charge on any atom is -0.482 e. The van der Waals surface area contributed by atoms with Gasteiger partial charge < -0.3 is 9.47 Å². The van der Waals surface area contributed by atoms with E-state index in [4.69, 9.17) is 4.74 Å². The molecule has 1 N–H and O–H groups in total. The molecule has 0 aliphatic carbocycles. The lowest BCUT2D eigenvalue weighted by molar-refractivity contribution is -0.142. The van der Waals surface area contributed by atoms with Crippen molar-refractivity contribution in [2.24, 2.45) is 0 Å². The Bertz CT molecular complexity index is 873. The summed E-state index contributed by atoms with van der Waals surface area (Å²) in [5.41, 5.74) is 2.40. The number of carbonyl (C=O) groups is 1. The Kier molecular flexibility index (Phi) is 6.26. The number of benzene rings is 2. The van der Waals surface area contributed by atoms with Crippen LogP contribution in [-0.4, -0.2) is 28.1 Å². The second-order valence-electron chi connectivity index (χ2n) is 6.14. The van der Waals surface area contributed by atoms with Crippen LogP contribution in [0.3, 0.4) is 0 Å². The van der Waals surface area contributed by atoms with Crippen molar-refractivity contribution in [3.05, 3.63) is 53.6 Å². The Balaban J connectivity index is 2.22. The van der Waals surface area contributed by atoms with Gasteiger partial charge in [-0.15, -0.1) is 0 Å². The van der Waals surface area contributed by atoms with Crippen LogP contribution in [0.2, 0.25) is 0 Å². The fourth-order valence-corrected chi connectivity index (χ4v) is 3.58. The standard InChI is InChI=1S/C19H23NO5S/c1-13(2)17-7-5-6-14(3)19(17)20-26(22,23)16-10-8-15(9-11-16)25-12-18(21)24-4/h5-11,13,20H,12H2,1-4H3. The van der Waals surface area contributed by atoms with Crippen LogP contribution in [0.5, 0.6) is 5.75 Å². The molecule has 0 aliphatic heterocycles. The van der Waals surface area contributed by atoms with Crippen molar-refractivity contribution in [2.45, 2.75) is 31.6 Å². The number of rotatable bonds is 7. The van der Waals surface area contributed by atoms with Gasteiger partial charge in [-0.2, -0.15) is 0 Å². The molecule has 0 bridgehead atoms. The maximum atomic E-state index is 12.7. The van der Waals surface area contributed by atoms with Gasteiger partial charge in [0.1, 0.15) is 5.75 Å². The largest absolute Gasteiger partial charge is 0.482 e. The molecule has 0 unspecified atom stereocenters. The van der Waals surface area contributed by atoms with E-state index in [1.807, 2.05) is 39.0 Å². The van der Waals surface area contributed by atoms with Crippen molar-refractivity contribution in [1.82, 2.24) is 0 Å². The molecule has 140 valence electrons. The molecule has 0 aliphatic rings. The van der Waals surface area contributed by atoms with Gasteiger partial charge >= 0.3 is 5.97 Å². The van der Waals surface area contributed by atoms with Crippen LogP contribution in [0, 0.1) is 6.92 Å². The Morgan fingerprint density at radius 3 is 2.35 bits per heavy atom. The van der Waals surface area contributed by atoms with Gasteiger partial charge in [0.05, 0.1) is 17.7 Å². The third-order valence-corrected chi connectivity index (χ3v) is 5.25. The molecule has 0 atom stereocenters. The number of sulfonamides is 1. The first kappa shape index (κ1) is 19.8. The van der Waals surface area contributed by atoms with E-state index in [-0.39, 0.29) is 17.4 Å². The maximum absolute atomic E-state index is 12.7. The van der Waals surface area contributed by atoms with E-state index in [1.54, 1.807) is 0 Å². The van der Waals surface area contributed by atoms with Crippen molar-refractivity contribution < 1.29 is 22.7 Å². The van der Waals surface area contributed by atoms with E-state index in [1.165, 1.54) is 31.4 Å². The summed E-state index contributed by atoms with van der Waals surface area (Å²) in [6.45, 7) is 5.66. The van der Waals surface area contributed by atoms with Gasteiger partial charge in [0.15, 0.2) is 6.61 Å². The lowest BCUT2D eigenvalue weighted by Crippen LogP contribution is -2.16. The molecule has 2 rings (SSSR count). The fourth-order valence-electron chi connectivity index (χ4n) is 2.42. The van der Waals surface area contributed by atoms with Gasteiger partial charge in [-0.1, -0.05) is 32.0 Å². The van der Waals surface area contributed by atoms with E-state index in [0.717, 1.165) is 11.1 Å². The quantitative estimate of drug-likeness (QED) is 0.747. The van der Waals surface area contributed by atoms with Crippen molar-refractivity contribution in [2.75, 3.05) is 18.4 Å². The van der Waals surface area contributed by atoms with E-state index in [0.29, 0.717) is 11.4 Å². The molecule has 2 aromatic carbocycles. The Morgan fingerprint density at radius 2 is 1.77 bits per heavy atom. The molecule has 0 saturated carbocycles. The number of esters is 1. The molecule has 2 aromatic rings. The number of carbonyl (C=O) groups excluding carboxylic acids is 1. The maximum Gasteiger partial charge on any atom is 0.343 e. The highest BCUT2D eigenvalue weighted by molar-refractivity contribution is 7.92. The first-order chi connectivity index (χ1) is 12.2. The lowest BCUT2D eigenvalue weighted by Gasteiger charge is -2.17. The van der Waals surface area contributed by atoms with Crippen LogP contribution < -0.4 is 9.46 Å². The van der Waals surface area contributed by atoms with E-state index >= 15 is 0 Å². The van der Waals surface area contributed by atoms with Gasteiger partial charge in [0.2, 0.25) is 0 Å². The van der Waals surface area contributed by atoms with Crippen molar-refractivity contribution >= 4 is 21.7 Å². The number of para-hydroxylation sites is 1. The number of anilines is 1. The number of methoxy groups -OCH3 is 1. The second-order valence-corrected chi connectivity index (χ2v) is 7.82. The average Bonchev–Trinajstić information content (AvgIpc) is 2.61. The predicted octanol–water partition coefficient (Wildman–Crippen LogP) is 3.47. The number of ether oxygens (including phenoxy) is 2. The minimum atomic E-state index is -3.74. The smallest absolute Gasteiger partial charge is 0.343 e. The van der Waals surface area contributed by atoms with Gasteiger partial charge in [0.25, 0.3) is 10.0 Å². The fraction of sp³-hybridized carbons (Fsp3) is 0.316. The molecular formula is C19H23NO5S. The second kappa shape index (κ2) is 8.23. The molecule has 0 heterocycles. The molecule has 0 aromatic heterocycles. The van der Waals surface area contributed by atoms with E-state index < -0.39 is 16.0 Å². The van der Waals surface area contributed by atoms with Crippen LogP contribution in [0.25, 0.3) is 0 Å². The highest BCUT2D eigenvalue weighted by Gasteiger charge is 2.18. The summed E-state index contributed by atoms with van der Waals surface area (Å²) < 4.78 is 37.9. The van der Waals surface area contributed by atoms with Crippen LogP contribution in [-0.2, 0) is 19.6 Å². The summed E-state index contributed by atoms with van der Waals surface area (Å²) in [5.74, 6) is 0.0546. The number of aryl methyl sites for hydroxylation is 1. The third kappa shape index (κ3) is 4.76. The summed E-state index contributed by atoms with van der Waals surface area (Å²) in [7, 11) is -2.47.